The third-order valence-corrected chi connectivity index (χ3v) is 3.82. The van der Waals surface area contributed by atoms with E-state index in [4.69, 9.17) is 0 Å². The maximum absolute atomic E-state index is 4.62. The van der Waals surface area contributed by atoms with Crippen LogP contribution in [0.3, 0.4) is 0 Å². The topological polar surface area (TPSA) is 17.3 Å². The molecule has 3 aromatic rings. The first-order chi connectivity index (χ1) is 8.25. The number of hydrogen-bond donors (Lipinski definition) is 0. The molecule has 0 aliphatic heterocycles. The molecule has 0 atom stereocenters. The molecular weight excluding hydrogens is 344 g/mol. The highest BCUT2D eigenvalue weighted by Gasteiger charge is 2.10. The van der Waals surface area contributed by atoms with Crippen LogP contribution in [-0.4, -0.2) is 9.38 Å². The van der Waals surface area contributed by atoms with Gasteiger partial charge in [0.1, 0.15) is 15.9 Å². The number of hydrogen-bond acceptors (Lipinski definition) is 1. The van der Waals surface area contributed by atoms with Gasteiger partial charge in [-0.3, -0.25) is 4.40 Å². The summed E-state index contributed by atoms with van der Waals surface area (Å²) >= 11 is 7.08. The molecule has 2 aromatic heterocycles. The van der Waals surface area contributed by atoms with Crippen LogP contribution in [0.1, 0.15) is 0 Å². The number of aromatic nitrogens is 2. The molecule has 3 rings (SSSR count). The first-order valence-electron chi connectivity index (χ1n) is 5.14. The van der Waals surface area contributed by atoms with Crippen LogP contribution in [0.15, 0.2) is 57.7 Å². The molecule has 0 saturated carbocycles. The van der Waals surface area contributed by atoms with Gasteiger partial charge in [-0.2, -0.15) is 0 Å². The number of rotatable bonds is 1. The standard InChI is InChI=1S/C13H8Br2N2/c14-10-5-3-4-9(8-10)12-13(15)17-7-2-1-6-11(17)16-12/h1-8H. The van der Waals surface area contributed by atoms with E-state index in [9.17, 15) is 0 Å². The quantitative estimate of drug-likeness (QED) is 0.629. The van der Waals surface area contributed by atoms with Crippen LogP contribution < -0.4 is 0 Å². The van der Waals surface area contributed by atoms with Crippen LogP contribution in [0, 0.1) is 0 Å². The Kier molecular flexibility index (Phi) is 2.76. The van der Waals surface area contributed by atoms with Crippen LogP contribution in [0.4, 0.5) is 0 Å². The van der Waals surface area contributed by atoms with E-state index in [0.29, 0.717) is 0 Å². The third-order valence-electron chi connectivity index (χ3n) is 2.57. The van der Waals surface area contributed by atoms with E-state index in [1.54, 1.807) is 0 Å². The summed E-state index contributed by atoms with van der Waals surface area (Å²) in [6.07, 6.45) is 1.99. The van der Waals surface area contributed by atoms with Crippen LogP contribution in [0.5, 0.6) is 0 Å². The molecule has 0 unspecified atom stereocenters. The second-order valence-electron chi connectivity index (χ2n) is 3.69. The van der Waals surface area contributed by atoms with E-state index in [-0.39, 0.29) is 0 Å². The van der Waals surface area contributed by atoms with Crippen molar-refractivity contribution in [2.45, 2.75) is 0 Å². The van der Waals surface area contributed by atoms with Crippen molar-refractivity contribution in [3.8, 4) is 11.3 Å². The molecule has 2 nitrogen and oxygen atoms in total. The van der Waals surface area contributed by atoms with Crippen LogP contribution in [0.2, 0.25) is 0 Å². The predicted octanol–water partition coefficient (Wildman–Crippen LogP) is 4.53. The molecule has 84 valence electrons. The summed E-state index contributed by atoms with van der Waals surface area (Å²) in [5.74, 6) is 0. The van der Waals surface area contributed by atoms with E-state index in [2.05, 4.69) is 49.0 Å². The molecule has 0 saturated heterocycles. The van der Waals surface area contributed by atoms with Gasteiger partial charge in [-0.1, -0.05) is 34.1 Å². The average molecular weight is 352 g/mol. The smallest absolute Gasteiger partial charge is 0.138 e. The maximum atomic E-state index is 4.62. The van der Waals surface area contributed by atoms with E-state index < -0.39 is 0 Å². The van der Waals surface area contributed by atoms with Gasteiger partial charge in [-0.15, -0.1) is 0 Å². The fourth-order valence-corrected chi connectivity index (χ4v) is 2.80. The zero-order valence-corrected chi connectivity index (χ0v) is 11.9. The zero-order valence-electron chi connectivity index (χ0n) is 8.77. The second-order valence-corrected chi connectivity index (χ2v) is 5.36. The Bertz CT molecular complexity index is 689. The number of fused-ring (bicyclic) bond motifs is 1. The van der Waals surface area contributed by atoms with Crippen molar-refractivity contribution in [3.63, 3.8) is 0 Å². The maximum Gasteiger partial charge on any atom is 0.138 e. The lowest BCUT2D eigenvalue weighted by Gasteiger charge is -1.98. The van der Waals surface area contributed by atoms with E-state index >= 15 is 0 Å². The summed E-state index contributed by atoms with van der Waals surface area (Å²) in [7, 11) is 0. The first kappa shape index (κ1) is 11.0. The molecule has 0 N–H and O–H groups in total. The van der Waals surface area contributed by atoms with Crippen molar-refractivity contribution in [2.24, 2.45) is 0 Å². The van der Waals surface area contributed by atoms with E-state index in [0.717, 1.165) is 26.0 Å². The summed E-state index contributed by atoms with van der Waals surface area (Å²) in [6, 6.07) is 14.1. The van der Waals surface area contributed by atoms with Crippen molar-refractivity contribution in [1.29, 1.82) is 0 Å². The van der Waals surface area contributed by atoms with Gasteiger partial charge in [0.2, 0.25) is 0 Å². The second kappa shape index (κ2) is 4.27. The number of benzene rings is 1. The Morgan fingerprint density at radius 1 is 1.00 bits per heavy atom. The predicted molar refractivity (Wildman–Crippen MR) is 76.0 cm³/mol. The normalized spacial score (nSPS) is 10.9. The fourth-order valence-electron chi connectivity index (χ4n) is 1.79. The average Bonchev–Trinajstić information content (AvgIpc) is 2.68. The van der Waals surface area contributed by atoms with Crippen molar-refractivity contribution in [3.05, 3.63) is 57.7 Å². The van der Waals surface area contributed by atoms with Gasteiger partial charge in [0.05, 0.1) is 0 Å². The lowest BCUT2D eigenvalue weighted by molar-refractivity contribution is 1.15. The summed E-state index contributed by atoms with van der Waals surface area (Å²) < 4.78 is 4.06. The molecular formula is C13H8Br2N2. The lowest BCUT2D eigenvalue weighted by Crippen LogP contribution is -1.81. The largest absolute Gasteiger partial charge is 0.294 e. The summed E-state index contributed by atoms with van der Waals surface area (Å²) in [4.78, 5) is 4.62. The Morgan fingerprint density at radius 2 is 1.88 bits per heavy atom. The highest BCUT2D eigenvalue weighted by Crippen LogP contribution is 2.30. The van der Waals surface area contributed by atoms with Gasteiger partial charge < -0.3 is 0 Å². The van der Waals surface area contributed by atoms with Crippen LogP contribution >= 0.6 is 31.9 Å². The van der Waals surface area contributed by atoms with Crippen LogP contribution in [0.25, 0.3) is 16.9 Å². The highest BCUT2D eigenvalue weighted by molar-refractivity contribution is 9.10. The zero-order chi connectivity index (χ0) is 11.8. The fraction of sp³-hybridized carbons (Fsp3) is 0. The van der Waals surface area contributed by atoms with Gasteiger partial charge in [-0.25, -0.2) is 4.98 Å². The minimum atomic E-state index is 0.939. The molecule has 0 aliphatic rings. The summed E-state index contributed by atoms with van der Waals surface area (Å²) in [5, 5.41) is 0. The van der Waals surface area contributed by atoms with Crippen molar-refractivity contribution in [1.82, 2.24) is 9.38 Å². The number of imidazole rings is 1. The molecule has 1 aromatic carbocycles. The molecule has 17 heavy (non-hydrogen) atoms. The Labute approximate surface area is 116 Å². The van der Waals surface area contributed by atoms with Crippen molar-refractivity contribution in [2.75, 3.05) is 0 Å². The molecule has 0 aliphatic carbocycles. The Balaban J connectivity index is 2.27. The molecule has 0 amide bonds. The number of halogens is 2. The van der Waals surface area contributed by atoms with E-state index in [1.807, 2.05) is 40.9 Å². The molecule has 4 heteroatoms. The molecule has 0 bridgehead atoms. The van der Waals surface area contributed by atoms with Crippen molar-refractivity contribution >= 4 is 37.5 Å². The minimum Gasteiger partial charge on any atom is -0.294 e. The minimum absolute atomic E-state index is 0.939. The Hall–Kier alpha value is -1.13. The molecule has 0 radical (unpaired) electrons. The number of nitrogens with zero attached hydrogens (tertiary/aromatic N) is 2. The number of pyridine rings is 1. The van der Waals surface area contributed by atoms with Gasteiger partial charge in [0.15, 0.2) is 0 Å². The Morgan fingerprint density at radius 3 is 2.65 bits per heavy atom. The molecule has 0 spiro atoms. The highest BCUT2D eigenvalue weighted by atomic mass is 79.9. The van der Waals surface area contributed by atoms with Crippen molar-refractivity contribution < 1.29 is 0 Å². The SMILES string of the molecule is Brc1cccc(-c2nc3ccccn3c2Br)c1. The lowest BCUT2D eigenvalue weighted by atomic mass is 10.2. The first-order valence-corrected chi connectivity index (χ1v) is 6.73. The van der Waals surface area contributed by atoms with E-state index in [1.165, 1.54) is 0 Å². The van der Waals surface area contributed by atoms with Gasteiger partial charge >= 0.3 is 0 Å². The van der Waals surface area contributed by atoms with Crippen LogP contribution in [-0.2, 0) is 0 Å². The summed E-state index contributed by atoms with van der Waals surface area (Å²) in [5.41, 5.74) is 2.99. The van der Waals surface area contributed by atoms with Gasteiger partial charge in [0, 0.05) is 16.2 Å². The van der Waals surface area contributed by atoms with Gasteiger partial charge in [-0.05, 0) is 40.2 Å². The van der Waals surface area contributed by atoms with Gasteiger partial charge in [0.25, 0.3) is 0 Å². The third kappa shape index (κ3) is 1.91. The molecule has 2 heterocycles. The monoisotopic (exact) mass is 350 g/mol. The summed E-state index contributed by atoms with van der Waals surface area (Å²) in [6.45, 7) is 0. The molecule has 0 fully saturated rings.